The van der Waals surface area contributed by atoms with Crippen LogP contribution in [0.1, 0.15) is 15.9 Å². The Morgan fingerprint density at radius 2 is 2.00 bits per heavy atom. The summed E-state index contributed by atoms with van der Waals surface area (Å²) in [7, 11) is 2.58. The lowest BCUT2D eigenvalue weighted by atomic mass is 10.1. The zero-order valence-corrected chi connectivity index (χ0v) is 9.51. The van der Waals surface area contributed by atoms with Crippen molar-refractivity contribution in [3.8, 4) is 11.5 Å². The Hall–Kier alpha value is -2.31. The van der Waals surface area contributed by atoms with E-state index in [0.29, 0.717) is 5.56 Å². The molecule has 0 saturated heterocycles. The van der Waals surface area contributed by atoms with E-state index in [1.54, 1.807) is 6.92 Å². The standard InChI is InChI=1S/C10H11NO6/c1-5-7(16-2)4-6(10(12)13)8(11(14)15)9(5)17-3/h4H,1-3H3,(H,12,13). The van der Waals surface area contributed by atoms with Crippen molar-refractivity contribution in [3.05, 3.63) is 27.3 Å². The van der Waals surface area contributed by atoms with Gasteiger partial charge in [-0.15, -0.1) is 0 Å². The van der Waals surface area contributed by atoms with Crippen molar-refractivity contribution < 1.29 is 24.3 Å². The number of hydrogen-bond donors (Lipinski definition) is 1. The van der Waals surface area contributed by atoms with Crippen molar-refractivity contribution in [2.75, 3.05) is 14.2 Å². The van der Waals surface area contributed by atoms with E-state index in [9.17, 15) is 14.9 Å². The number of nitro groups is 1. The quantitative estimate of drug-likeness (QED) is 0.635. The molecule has 0 atom stereocenters. The number of carbonyl (C=O) groups is 1. The van der Waals surface area contributed by atoms with Gasteiger partial charge in [0.1, 0.15) is 11.3 Å². The highest BCUT2D eigenvalue weighted by Crippen LogP contribution is 2.39. The zero-order chi connectivity index (χ0) is 13.2. The summed E-state index contributed by atoms with van der Waals surface area (Å²) in [6, 6.07) is 1.11. The van der Waals surface area contributed by atoms with Gasteiger partial charge in [0.15, 0.2) is 0 Å². The third-order valence-electron chi connectivity index (χ3n) is 2.29. The summed E-state index contributed by atoms with van der Waals surface area (Å²) in [5.41, 5.74) is -0.653. The largest absolute Gasteiger partial charge is 0.496 e. The summed E-state index contributed by atoms with van der Waals surface area (Å²) in [5, 5.41) is 19.8. The fourth-order valence-corrected chi connectivity index (χ4v) is 1.53. The van der Waals surface area contributed by atoms with Gasteiger partial charge in [0.2, 0.25) is 5.75 Å². The van der Waals surface area contributed by atoms with Gasteiger partial charge in [-0.2, -0.15) is 0 Å². The van der Waals surface area contributed by atoms with Crippen LogP contribution < -0.4 is 9.47 Å². The monoisotopic (exact) mass is 241 g/mol. The van der Waals surface area contributed by atoms with Crippen molar-refractivity contribution in [2.45, 2.75) is 6.92 Å². The van der Waals surface area contributed by atoms with Crippen LogP contribution in [0.15, 0.2) is 6.07 Å². The predicted octanol–water partition coefficient (Wildman–Crippen LogP) is 1.62. The van der Waals surface area contributed by atoms with Gasteiger partial charge in [0.05, 0.1) is 19.1 Å². The predicted molar refractivity (Wildman–Crippen MR) is 57.9 cm³/mol. The number of benzene rings is 1. The average molecular weight is 241 g/mol. The summed E-state index contributed by atoms with van der Waals surface area (Å²) in [6.45, 7) is 1.55. The molecule has 1 aromatic rings. The second-order valence-electron chi connectivity index (χ2n) is 3.20. The van der Waals surface area contributed by atoms with Crippen molar-refractivity contribution in [3.63, 3.8) is 0 Å². The maximum absolute atomic E-state index is 11.0. The summed E-state index contributed by atoms with van der Waals surface area (Å²) >= 11 is 0. The van der Waals surface area contributed by atoms with Gasteiger partial charge in [-0.3, -0.25) is 10.1 Å². The number of ether oxygens (including phenoxy) is 2. The molecule has 0 heterocycles. The maximum atomic E-state index is 11.0. The fraction of sp³-hybridized carbons (Fsp3) is 0.300. The Balaban J connectivity index is 3.70. The number of nitrogens with zero attached hydrogens (tertiary/aromatic N) is 1. The molecule has 0 aliphatic rings. The summed E-state index contributed by atoms with van der Waals surface area (Å²) < 4.78 is 9.83. The number of methoxy groups -OCH3 is 2. The van der Waals surface area contributed by atoms with Crippen LogP contribution in [0.2, 0.25) is 0 Å². The van der Waals surface area contributed by atoms with Crippen molar-refractivity contribution in [2.24, 2.45) is 0 Å². The number of nitro benzene ring substituents is 1. The first-order chi connectivity index (χ1) is 7.93. The fourth-order valence-electron chi connectivity index (χ4n) is 1.53. The molecule has 92 valence electrons. The van der Waals surface area contributed by atoms with Crippen LogP contribution in [0.5, 0.6) is 11.5 Å². The molecule has 1 rings (SSSR count). The van der Waals surface area contributed by atoms with Crippen LogP contribution in [0.4, 0.5) is 5.69 Å². The van der Waals surface area contributed by atoms with E-state index in [-0.39, 0.29) is 11.5 Å². The van der Waals surface area contributed by atoms with E-state index in [1.165, 1.54) is 14.2 Å². The smallest absolute Gasteiger partial charge is 0.343 e. The molecule has 0 unspecified atom stereocenters. The van der Waals surface area contributed by atoms with Gasteiger partial charge in [0.25, 0.3) is 0 Å². The molecule has 0 saturated carbocycles. The molecule has 0 radical (unpaired) electrons. The van der Waals surface area contributed by atoms with Crippen LogP contribution in [-0.2, 0) is 0 Å². The second-order valence-corrected chi connectivity index (χ2v) is 3.20. The van der Waals surface area contributed by atoms with E-state index >= 15 is 0 Å². The summed E-state index contributed by atoms with van der Waals surface area (Å²) in [5.74, 6) is -1.29. The molecule has 0 aromatic heterocycles. The second kappa shape index (κ2) is 4.69. The minimum absolute atomic E-state index is 0.105. The van der Waals surface area contributed by atoms with Crippen LogP contribution in [-0.4, -0.2) is 30.2 Å². The minimum Gasteiger partial charge on any atom is -0.496 e. The normalized spacial score (nSPS) is 9.82. The lowest BCUT2D eigenvalue weighted by Crippen LogP contribution is -2.07. The van der Waals surface area contributed by atoms with E-state index in [2.05, 4.69) is 0 Å². The van der Waals surface area contributed by atoms with E-state index in [4.69, 9.17) is 14.6 Å². The molecule has 0 aliphatic carbocycles. The Morgan fingerprint density at radius 1 is 1.41 bits per heavy atom. The highest BCUT2D eigenvalue weighted by atomic mass is 16.6. The van der Waals surface area contributed by atoms with Gasteiger partial charge >= 0.3 is 11.7 Å². The van der Waals surface area contributed by atoms with E-state index < -0.39 is 22.1 Å². The topological polar surface area (TPSA) is 98.9 Å². The van der Waals surface area contributed by atoms with Crippen LogP contribution in [0.25, 0.3) is 0 Å². The third-order valence-corrected chi connectivity index (χ3v) is 2.29. The van der Waals surface area contributed by atoms with Crippen LogP contribution in [0.3, 0.4) is 0 Å². The zero-order valence-electron chi connectivity index (χ0n) is 9.51. The number of carboxylic acid groups (broad SMARTS) is 1. The molecule has 7 nitrogen and oxygen atoms in total. The van der Waals surface area contributed by atoms with E-state index in [1.807, 2.05) is 0 Å². The average Bonchev–Trinajstić information content (AvgIpc) is 2.27. The van der Waals surface area contributed by atoms with Gasteiger partial charge in [0, 0.05) is 11.6 Å². The minimum atomic E-state index is -1.41. The number of carboxylic acids is 1. The summed E-state index contributed by atoms with van der Waals surface area (Å²) in [6.07, 6.45) is 0. The third kappa shape index (κ3) is 2.12. The molecule has 7 heteroatoms. The first-order valence-electron chi connectivity index (χ1n) is 4.57. The molecule has 17 heavy (non-hydrogen) atoms. The molecular weight excluding hydrogens is 230 g/mol. The van der Waals surface area contributed by atoms with Gasteiger partial charge < -0.3 is 14.6 Å². The number of hydrogen-bond acceptors (Lipinski definition) is 5. The Bertz CT molecular complexity index is 482. The first kappa shape index (κ1) is 12.8. The van der Waals surface area contributed by atoms with Crippen molar-refractivity contribution >= 4 is 11.7 Å². The van der Waals surface area contributed by atoms with Gasteiger partial charge in [-0.1, -0.05) is 0 Å². The molecule has 0 fully saturated rings. The molecule has 1 N–H and O–H groups in total. The Labute approximate surface area is 96.7 Å². The summed E-state index contributed by atoms with van der Waals surface area (Å²) in [4.78, 5) is 21.1. The lowest BCUT2D eigenvalue weighted by molar-refractivity contribution is -0.386. The van der Waals surface area contributed by atoms with Gasteiger partial charge in [-0.05, 0) is 6.92 Å². The SMILES string of the molecule is COc1cc(C(=O)O)c([N+](=O)[O-])c(OC)c1C. The molecule has 1 aromatic carbocycles. The Kier molecular flexibility index (Phi) is 3.52. The van der Waals surface area contributed by atoms with Crippen molar-refractivity contribution in [1.29, 1.82) is 0 Å². The highest BCUT2D eigenvalue weighted by molar-refractivity contribution is 5.95. The highest BCUT2D eigenvalue weighted by Gasteiger charge is 2.29. The van der Waals surface area contributed by atoms with E-state index in [0.717, 1.165) is 6.07 Å². The number of aromatic carboxylic acids is 1. The van der Waals surface area contributed by atoms with Crippen LogP contribution >= 0.6 is 0 Å². The van der Waals surface area contributed by atoms with Crippen LogP contribution in [0, 0.1) is 17.0 Å². The number of rotatable bonds is 4. The first-order valence-corrected chi connectivity index (χ1v) is 4.57. The van der Waals surface area contributed by atoms with Crippen molar-refractivity contribution in [1.82, 2.24) is 0 Å². The maximum Gasteiger partial charge on any atom is 0.343 e. The molecule has 0 bridgehead atoms. The molecule has 0 amide bonds. The lowest BCUT2D eigenvalue weighted by Gasteiger charge is -2.11. The molecule has 0 aliphatic heterocycles. The Morgan fingerprint density at radius 3 is 2.35 bits per heavy atom. The van der Waals surface area contributed by atoms with Gasteiger partial charge in [-0.25, -0.2) is 4.79 Å². The molecule has 0 spiro atoms. The molecular formula is C10H11NO6.